The lowest BCUT2D eigenvalue weighted by atomic mass is 10.3. The standard InChI is InChI=1S/C8H16O2S/c1-6(9)4-5-11-8(3)7(2)10/h7-8,10H,4-5H2,1-3H3. The van der Waals surface area contributed by atoms with Crippen LogP contribution in [0.4, 0.5) is 0 Å². The molecular formula is C8H16O2S. The van der Waals surface area contributed by atoms with Gasteiger partial charge in [-0.05, 0) is 13.8 Å². The average molecular weight is 176 g/mol. The molecule has 0 amide bonds. The maximum atomic E-state index is 10.5. The van der Waals surface area contributed by atoms with E-state index < -0.39 is 0 Å². The van der Waals surface area contributed by atoms with E-state index in [1.165, 1.54) is 0 Å². The average Bonchev–Trinajstić information content (AvgIpc) is 1.86. The van der Waals surface area contributed by atoms with E-state index in [2.05, 4.69) is 0 Å². The summed E-state index contributed by atoms with van der Waals surface area (Å²) < 4.78 is 0. The largest absolute Gasteiger partial charge is 0.392 e. The van der Waals surface area contributed by atoms with Gasteiger partial charge in [0.05, 0.1) is 6.10 Å². The highest BCUT2D eigenvalue weighted by Gasteiger charge is 2.08. The molecule has 0 aliphatic heterocycles. The summed E-state index contributed by atoms with van der Waals surface area (Å²) in [5.41, 5.74) is 0. The fraction of sp³-hybridized carbons (Fsp3) is 0.875. The molecule has 0 spiro atoms. The minimum absolute atomic E-state index is 0.218. The van der Waals surface area contributed by atoms with Crippen LogP contribution in [-0.2, 0) is 4.79 Å². The number of carbonyl (C=O) groups excluding carboxylic acids is 1. The van der Waals surface area contributed by atoms with Crippen LogP contribution in [0.3, 0.4) is 0 Å². The van der Waals surface area contributed by atoms with E-state index in [0.29, 0.717) is 6.42 Å². The van der Waals surface area contributed by atoms with E-state index in [9.17, 15) is 4.79 Å². The summed E-state index contributed by atoms with van der Waals surface area (Å²) in [6.07, 6.45) is 0.328. The zero-order chi connectivity index (χ0) is 8.85. The van der Waals surface area contributed by atoms with Crippen molar-refractivity contribution in [1.82, 2.24) is 0 Å². The molecule has 0 aromatic rings. The molecule has 0 rings (SSSR count). The van der Waals surface area contributed by atoms with Crippen LogP contribution in [0.15, 0.2) is 0 Å². The van der Waals surface area contributed by atoms with Gasteiger partial charge in [0.15, 0.2) is 0 Å². The highest BCUT2D eigenvalue weighted by Crippen LogP contribution is 2.14. The normalized spacial score (nSPS) is 16.0. The van der Waals surface area contributed by atoms with Crippen molar-refractivity contribution < 1.29 is 9.90 Å². The molecule has 1 N–H and O–H groups in total. The monoisotopic (exact) mass is 176 g/mol. The molecule has 2 atom stereocenters. The van der Waals surface area contributed by atoms with Gasteiger partial charge in [-0.2, -0.15) is 11.8 Å². The first-order chi connectivity index (χ1) is 5.04. The molecule has 0 radical (unpaired) electrons. The van der Waals surface area contributed by atoms with Gasteiger partial charge in [-0.25, -0.2) is 0 Å². The number of hydrogen-bond donors (Lipinski definition) is 1. The molecular weight excluding hydrogens is 160 g/mol. The summed E-state index contributed by atoms with van der Waals surface area (Å²) in [4.78, 5) is 10.5. The zero-order valence-electron chi connectivity index (χ0n) is 7.33. The van der Waals surface area contributed by atoms with E-state index in [1.54, 1.807) is 25.6 Å². The second kappa shape index (κ2) is 5.61. The molecule has 11 heavy (non-hydrogen) atoms. The Kier molecular flexibility index (Phi) is 5.60. The second-order valence-corrected chi connectivity index (χ2v) is 4.25. The minimum Gasteiger partial charge on any atom is -0.392 e. The number of hydrogen-bond acceptors (Lipinski definition) is 3. The van der Waals surface area contributed by atoms with Crippen LogP contribution >= 0.6 is 11.8 Å². The first kappa shape index (κ1) is 11.0. The van der Waals surface area contributed by atoms with Gasteiger partial charge >= 0.3 is 0 Å². The first-order valence-corrected chi connectivity index (χ1v) is 4.88. The zero-order valence-corrected chi connectivity index (χ0v) is 8.15. The summed E-state index contributed by atoms with van der Waals surface area (Å²) in [7, 11) is 0. The quantitative estimate of drug-likeness (QED) is 0.689. The lowest BCUT2D eigenvalue weighted by Gasteiger charge is -2.12. The minimum atomic E-state index is -0.285. The molecule has 2 unspecified atom stereocenters. The number of aliphatic hydroxyl groups excluding tert-OH is 1. The number of carbonyl (C=O) groups is 1. The fourth-order valence-corrected chi connectivity index (χ4v) is 1.58. The lowest BCUT2D eigenvalue weighted by molar-refractivity contribution is -0.116. The van der Waals surface area contributed by atoms with Crippen LogP contribution in [0.5, 0.6) is 0 Å². The Balaban J connectivity index is 3.31. The maximum absolute atomic E-state index is 10.5. The van der Waals surface area contributed by atoms with Gasteiger partial charge in [0, 0.05) is 17.4 Å². The van der Waals surface area contributed by atoms with Crippen molar-refractivity contribution in [1.29, 1.82) is 0 Å². The smallest absolute Gasteiger partial charge is 0.130 e. The van der Waals surface area contributed by atoms with Gasteiger partial charge < -0.3 is 5.11 Å². The summed E-state index contributed by atoms with van der Waals surface area (Å²) in [5.74, 6) is 1.04. The van der Waals surface area contributed by atoms with Crippen LogP contribution in [0, 0.1) is 0 Å². The van der Waals surface area contributed by atoms with Crippen LogP contribution in [0.25, 0.3) is 0 Å². The van der Waals surface area contributed by atoms with Crippen LogP contribution < -0.4 is 0 Å². The van der Waals surface area contributed by atoms with Crippen molar-refractivity contribution in [2.75, 3.05) is 5.75 Å². The molecule has 0 aromatic heterocycles. The van der Waals surface area contributed by atoms with Crippen molar-refractivity contribution in [3.8, 4) is 0 Å². The van der Waals surface area contributed by atoms with Crippen molar-refractivity contribution >= 4 is 17.5 Å². The van der Waals surface area contributed by atoms with Gasteiger partial charge in [0.2, 0.25) is 0 Å². The molecule has 0 heterocycles. The predicted octanol–water partition coefficient (Wildman–Crippen LogP) is 1.47. The fourth-order valence-electron chi connectivity index (χ4n) is 0.528. The van der Waals surface area contributed by atoms with Crippen molar-refractivity contribution in [3.05, 3.63) is 0 Å². The third-order valence-electron chi connectivity index (χ3n) is 1.51. The van der Waals surface area contributed by atoms with Gasteiger partial charge in [0.1, 0.15) is 5.78 Å². The van der Waals surface area contributed by atoms with Crippen molar-refractivity contribution in [3.63, 3.8) is 0 Å². The Bertz CT molecular complexity index is 123. The molecule has 0 saturated carbocycles. The molecule has 0 bridgehead atoms. The molecule has 3 heteroatoms. The van der Waals surface area contributed by atoms with Gasteiger partial charge in [-0.15, -0.1) is 0 Å². The Morgan fingerprint density at radius 2 is 2.09 bits per heavy atom. The molecule has 0 fully saturated rings. The SMILES string of the molecule is CC(=O)CCSC(C)C(C)O. The summed E-state index contributed by atoms with van der Waals surface area (Å²) >= 11 is 1.64. The van der Waals surface area contributed by atoms with E-state index in [1.807, 2.05) is 6.92 Å². The van der Waals surface area contributed by atoms with E-state index in [0.717, 1.165) is 5.75 Å². The topological polar surface area (TPSA) is 37.3 Å². The molecule has 66 valence electrons. The Morgan fingerprint density at radius 3 is 2.45 bits per heavy atom. The summed E-state index contributed by atoms with van der Waals surface area (Å²) in [6.45, 7) is 5.33. The highest BCUT2D eigenvalue weighted by atomic mass is 32.2. The van der Waals surface area contributed by atoms with Gasteiger partial charge in [0.25, 0.3) is 0 Å². The predicted molar refractivity (Wildman–Crippen MR) is 48.9 cm³/mol. The molecule has 0 aliphatic rings. The number of aliphatic hydroxyl groups is 1. The second-order valence-electron chi connectivity index (χ2n) is 2.77. The summed E-state index contributed by atoms with van der Waals surface area (Å²) in [6, 6.07) is 0. The number of ketones is 1. The molecule has 0 aromatic carbocycles. The Labute approximate surface area is 72.4 Å². The van der Waals surface area contributed by atoms with Crippen LogP contribution in [-0.4, -0.2) is 28.0 Å². The van der Waals surface area contributed by atoms with Gasteiger partial charge in [-0.1, -0.05) is 6.92 Å². The van der Waals surface area contributed by atoms with Gasteiger partial charge in [-0.3, -0.25) is 4.79 Å². The van der Waals surface area contributed by atoms with E-state index >= 15 is 0 Å². The molecule has 2 nitrogen and oxygen atoms in total. The third kappa shape index (κ3) is 6.38. The van der Waals surface area contributed by atoms with E-state index in [-0.39, 0.29) is 17.1 Å². The highest BCUT2D eigenvalue weighted by molar-refractivity contribution is 7.99. The maximum Gasteiger partial charge on any atom is 0.130 e. The molecule has 0 aliphatic carbocycles. The number of rotatable bonds is 5. The van der Waals surface area contributed by atoms with Crippen LogP contribution in [0.1, 0.15) is 27.2 Å². The Morgan fingerprint density at radius 1 is 1.55 bits per heavy atom. The molecule has 0 saturated heterocycles. The number of Topliss-reactive ketones (excluding diaryl/α,β-unsaturated/α-hetero) is 1. The van der Waals surface area contributed by atoms with Crippen LogP contribution in [0.2, 0.25) is 0 Å². The lowest BCUT2D eigenvalue weighted by Crippen LogP contribution is -2.15. The van der Waals surface area contributed by atoms with Crippen molar-refractivity contribution in [2.45, 2.75) is 38.5 Å². The summed E-state index contributed by atoms with van der Waals surface area (Å²) in [5, 5.41) is 9.31. The Hall–Kier alpha value is -0.0200. The number of thioether (sulfide) groups is 1. The first-order valence-electron chi connectivity index (χ1n) is 3.83. The van der Waals surface area contributed by atoms with Crippen molar-refractivity contribution in [2.24, 2.45) is 0 Å². The van der Waals surface area contributed by atoms with E-state index in [4.69, 9.17) is 5.11 Å². The third-order valence-corrected chi connectivity index (χ3v) is 2.87.